The van der Waals surface area contributed by atoms with E-state index in [1.807, 2.05) is 0 Å². The molecule has 2 atom stereocenters. The van der Waals surface area contributed by atoms with Crippen molar-refractivity contribution in [1.82, 2.24) is 10.2 Å². The van der Waals surface area contributed by atoms with E-state index in [9.17, 15) is 0 Å². The summed E-state index contributed by atoms with van der Waals surface area (Å²) in [5.41, 5.74) is 1.40. The molecule has 2 saturated heterocycles. The van der Waals surface area contributed by atoms with E-state index < -0.39 is 0 Å². The van der Waals surface area contributed by atoms with Gasteiger partial charge in [0.1, 0.15) is 0 Å². The summed E-state index contributed by atoms with van der Waals surface area (Å²) in [5, 5.41) is 3.68. The number of nitrogens with zero attached hydrogens (tertiary/aromatic N) is 1. The van der Waals surface area contributed by atoms with Gasteiger partial charge in [-0.2, -0.15) is 0 Å². The lowest BCUT2D eigenvalue weighted by atomic mass is 9.83. The molecule has 104 valence electrons. The van der Waals surface area contributed by atoms with Gasteiger partial charge >= 0.3 is 0 Å². The fourth-order valence-corrected chi connectivity index (χ4v) is 3.81. The molecule has 2 heteroatoms. The number of piperidine rings is 2. The SMILES string of the molecule is c1ccc(CNCC2CCCN3CCCCC23)cc1. The van der Waals surface area contributed by atoms with Gasteiger partial charge in [-0.15, -0.1) is 0 Å². The molecule has 3 rings (SSSR count). The Balaban J connectivity index is 1.49. The van der Waals surface area contributed by atoms with Gasteiger partial charge in [0, 0.05) is 12.6 Å². The van der Waals surface area contributed by atoms with Crippen molar-refractivity contribution in [3.63, 3.8) is 0 Å². The van der Waals surface area contributed by atoms with Gasteiger partial charge in [-0.1, -0.05) is 36.8 Å². The van der Waals surface area contributed by atoms with Crippen LogP contribution in [0.5, 0.6) is 0 Å². The van der Waals surface area contributed by atoms with Crippen molar-refractivity contribution in [2.45, 2.75) is 44.7 Å². The van der Waals surface area contributed by atoms with Crippen molar-refractivity contribution in [1.29, 1.82) is 0 Å². The molecule has 1 aromatic carbocycles. The molecule has 2 unspecified atom stereocenters. The van der Waals surface area contributed by atoms with Gasteiger partial charge < -0.3 is 10.2 Å². The topological polar surface area (TPSA) is 15.3 Å². The Kier molecular flexibility index (Phi) is 4.52. The molecule has 0 spiro atoms. The van der Waals surface area contributed by atoms with Crippen LogP contribution >= 0.6 is 0 Å². The van der Waals surface area contributed by atoms with Crippen LogP contribution in [0.4, 0.5) is 0 Å². The lowest BCUT2D eigenvalue weighted by molar-refractivity contribution is 0.0593. The molecule has 19 heavy (non-hydrogen) atoms. The van der Waals surface area contributed by atoms with E-state index in [0.29, 0.717) is 0 Å². The van der Waals surface area contributed by atoms with Gasteiger partial charge in [0.25, 0.3) is 0 Å². The Morgan fingerprint density at radius 2 is 1.84 bits per heavy atom. The maximum absolute atomic E-state index is 3.68. The van der Waals surface area contributed by atoms with Crippen LogP contribution in [0, 0.1) is 5.92 Å². The molecule has 2 aliphatic heterocycles. The maximum Gasteiger partial charge on any atom is 0.0205 e. The predicted octanol–water partition coefficient (Wildman–Crippen LogP) is 3.04. The minimum Gasteiger partial charge on any atom is -0.312 e. The van der Waals surface area contributed by atoms with E-state index in [1.165, 1.54) is 57.3 Å². The fourth-order valence-electron chi connectivity index (χ4n) is 3.81. The number of rotatable bonds is 4. The average Bonchev–Trinajstić information content (AvgIpc) is 2.49. The van der Waals surface area contributed by atoms with Gasteiger partial charge in [0.05, 0.1) is 0 Å². The monoisotopic (exact) mass is 258 g/mol. The maximum atomic E-state index is 3.68. The second-order valence-electron chi connectivity index (χ2n) is 6.12. The van der Waals surface area contributed by atoms with Crippen LogP contribution in [0.15, 0.2) is 30.3 Å². The quantitative estimate of drug-likeness (QED) is 0.893. The Bertz CT molecular complexity index is 374. The van der Waals surface area contributed by atoms with E-state index in [1.54, 1.807) is 0 Å². The molecule has 0 aliphatic carbocycles. The van der Waals surface area contributed by atoms with Crippen LogP contribution in [-0.4, -0.2) is 30.6 Å². The van der Waals surface area contributed by atoms with Crippen molar-refractivity contribution < 1.29 is 0 Å². The van der Waals surface area contributed by atoms with Crippen molar-refractivity contribution in [2.24, 2.45) is 5.92 Å². The Labute approximate surface area is 117 Å². The first kappa shape index (κ1) is 13.1. The summed E-state index contributed by atoms with van der Waals surface area (Å²) in [5.74, 6) is 0.873. The van der Waals surface area contributed by atoms with Crippen molar-refractivity contribution >= 4 is 0 Å². The van der Waals surface area contributed by atoms with Crippen molar-refractivity contribution in [3.8, 4) is 0 Å². The molecular formula is C17H26N2. The van der Waals surface area contributed by atoms with Gasteiger partial charge in [0.2, 0.25) is 0 Å². The van der Waals surface area contributed by atoms with Crippen molar-refractivity contribution in [2.75, 3.05) is 19.6 Å². The average molecular weight is 258 g/mol. The lowest BCUT2D eigenvalue weighted by Crippen LogP contribution is -2.50. The second kappa shape index (κ2) is 6.53. The third-order valence-electron chi connectivity index (χ3n) is 4.81. The Hall–Kier alpha value is -0.860. The van der Waals surface area contributed by atoms with Crippen LogP contribution in [-0.2, 0) is 6.54 Å². The van der Waals surface area contributed by atoms with Crippen LogP contribution in [0.25, 0.3) is 0 Å². The molecule has 2 heterocycles. The summed E-state index contributed by atoms with van der Waals surface area (Å²) in [6.45, 7) is 4.90. The van der Waals surface area contributed by atoms with Crippen LogP contribution in [0.2, 0.25) is 0 Å². The van der Waals surface area contributed by atoms with Gasteiger partial charge in [-0.05, 0) is 56.8 Å². The predicted molar refractivity (Wildman–Crippen MR) is 80.1 cm³/mol. The first-order valence-electron chi connectivity index (χ1n) is 7.92. The molecule has 0 aromatic heterocycles. The molecule has 0 saturated carbocycles. The van der Waals surface area contributed by atoms with Gasteiger partial charge in [-0.3, -0.25) is 0 Å². The third-order valence-corrected chi connectivity index (χ3v) is 4.81. The highest BCUT2D eigenvalue weighted by Crippen LogP contribution is 2.30. The van der Waals surface area contributed by atoms with Crippen molar-refractivity contribution in [3.05, 3.63) is 35.9 Å². The molecule has 2 nitrogen and oxygen atoms in total. The van der Waals surface area contributed by atoms with E-state index in [-0.39, 0.29) is 0 Å². The van der Waals surface area contributed by atoms with E-state index in [4.69, 9.17) is 0 Å². The molecule has 2 aliphatic rings. The molecule has 1 N–H and O–H groups in total. The molecule has 0 radical (unpaired) electrons. The number of hydrogen-bond donors (Lipinski definition) is 1. The number of fused-ring (bicyclic) bond motifs is 1. The highest BCUT2D eigenvalue weighted by molar-refractivity contribution is 5.14. The minimum absolute atomic E-state index is 0.866. The molecular weight excluding hydrogens is 232 g/mol. The van der Waals surface area contributed by atoms with Crippen LogP contribution in [0.3, 0.4) is 0 Å². The highest BCUT2D eigenvalue weighted by atomic mass is 15.2. The van der Waals surface area contributed by atoms with Crippen LogP contribution < -0.4 is 5.32 Å². The Morgan fingerprint density at radius 1 is 1.00 bits per heavy atom. The minimum atomic E-state index is 0.866. The highest BCUT2D eigenvalue weighted by Gasteiger charge is 2.32. The third kappa shape index (κ3) is 3.37. The van der Waals surface area contributed by atoms with E-state index >= 15 is 0 Å². The first-order chi connectivity index (χ1) is 9.43. The zero-order valence-corrected chi connectivity index (χ0v) is 11.9. The number of hydrogen-bond acceptors (Lipinski definition) is 2. The molecule has 2 fully saturated rings. The van der Waals surface area contributed by atoms with Crippen LogP contribution in [0.1, 0.15) is 37.7 Å². The standard InChI is InChI=1S/C17H26N2/c1-2-7-15(8-3-1)13-18-14-16-9-6-12-19-11-5-4-10-17(16)19/h1-3,7-8,16-18H,4-6,9-14H2. The second-order valence-corrected chi connectivity index (χ2v) is 6.12. The molecule has 1 aromatic rings. The summed E-state index contributed by atoms with van der Waals surface area (Å²) < 4.78 is 0. The number of benzene rings is 1. The summed E-state index contributed by atoms with van der Waals surface area (Å²) in [4.78, 5) is 2.75. The Morgan fingerprint density at radius 3 is 2.74 bits per heavy atom. The fraction of sp³-hybridized carbons (Fsp3) is 0.647. The normalized spacial score (nSPS) is 28.0. The smallest absolute Gasteiger partial charge is 0.0205 e. The lowest BCUT2D eigenvalue weighted by Gasteiger charge is -2.44. The molecule has 0 amide bonds. The summed E-state index contributed by atoms with van der Waals surface area (Å²) >= 11 is 0. The molecule has 0 bridgehead atoms. The van der Waals surface area contributed by atoms with Gasteiger partial charge in [0.15, 0.2) is 0 Å². The summed E-state index contributed by atoms with van der Waals surface area (Å²) in [7, 11) is 0. The van der Waals surface area contributed by atoms with Gasteiger partial charge in [-0.25, -0.2) is 0 Å². The summed E-state index contributed by atoms with van der Waals surface area (Å²) in [6, 6.07) is 11.6. The zero-order valence-electron chi connectivity index (χ0n) is 11.9. The first-order valence-corrected chi connectivity index (χ1v) is 7.92. The van der Waals surface area contributed by atoms with E-state index in [0.717, 1.165) is 18.5 Å². The zero-order chi connectivity index (χ0) is 12.9. The summed E-state index contributed by atoms with van der Waals surface area (Å²) in [6.07, 6.45) is 7.10. The van der Waals surface area contributed by atoms with E-state index in [2.05, 4.69) is 40.5 Å². The largest absolute Gasteiger partial charge is 0.312 e. The number of nitrogens with one attached hydrogen (secondary N) is 1.